The number of urea groups is 1. The van der Waals surface area contributed by atoms with Crippen LogP contribution in [0.2, 0.25) is 0 Å². The first-order chi connectivity index (χ1) is 16.0. The van der Waals surface area contributed by atoms with Crippen molar-refractivity contribution in [3.8, 4) is 11.5 Å². The number of carbonyl (C=O) groups is 2. The highest BCUT2D eigenvalue weighted by Crippen LogP contribution is 2.22. The molecule has 0 fully saturated rings. The number of nitrogens with one attached hydrogen (secondary N) is 3. The molecule has 3 N–H and O–H groups in total. The van der Waals surface area contributed by atoms with Crippen LogP contribution in [0.3, 0.4) is 0 Å². The molecule has 1 unspecified atom stereocenters. The summed E-state index contributed by atoms with van der Waals surface area (Å²) in [7, 11) is 3.88. The number of hydrogen-bond acceptors (Lipinski definition) is 4. The Morgan fingerprint density at radius 2 is 1.45 bits per heavy atom. The molecule has 1 atom stereocenters. The Morgan fingerprint density at radius 1 is 0.848 bits per heavy atom. The van der Waals surface area contributed by atoms with Gasteiger partial charge in [-0.15, -0.1) is 0 Å². The molecule has 33 heavy (non-hydrogen) atoms. The van der Waals surface area contributed by atoms with Crippen LogP contribution >= 0.6 is 0 Å². The standard InChI is InChI=1S/C26H30N4O3/c1-30(2)18-17-27-25(31)24(19-20-9-5-3-6-10-20)29-26(32)28-21-13-15-23(16-14-21)33-22-11-7-4-8-12-22/h3-16,24H,17-19H2,1-2H3,(H,27,31)(H2,28,29,32). The Bertz CT molecular complexity index is 1010. The van der Waals surface area contributed by atoms with Gasteiger partial charge in [0.05, 0.1) is 0 Å². The number of amides is 3. The smallest absolute Gasteiger partial charge is 0.319 e. The second-order valence-corrected chi connectivity index (χ2v) is 7.87. The van der Waals surface area contributed by atoms with Crippen molar-refractivity contribution in [2.75, 3.05) is 32.5 Å². The number of para-hydroxylation sites is 1. The van der Waals surface area contributed by atoms with E-state index < -0.39 is 12.1 Å². The van der Waals surface area contributed by atoms with Crippen molar-refractivity contribution in [3.63, 3.8) is 0 Å². The molecule has 0 aliphatic heterocycles. The Labute approximate surface area is 194 Å². The maximum absolute atomic E-state index is 12.7. The van der Waals surface area contributed by atoms with E-state index in [1.807, 2.05) is 79.7 Å². The molecular weight excluding hydrogens is 416 g/mol. The molecule has 172 valence electrons. The van der Waals surface area contributed by atoms with Crippen molar-refractivity contribution in [2.24, 2.45) is 0 Å². The van der Waals surface area contributed by atoms with E-state index in [1.165, 1.54) is 0 Å². The van der Waals surface area contributed by atoms with Gasteiger partial charge in [-0.1, -0.05) is 48.5 Å². The third kappa shape index (κ3) is 8.31. The normalized spacial score (nSPS) is 11.5. The number of rotatable bonds is 10. The lowest BCUT2D eigenvalue weighted by Gasteiger charge is -2.20. The fraction of sp³-hybridized carbons (Fsp3) is 0.231. The van der Waals surface area contributed by atoms with Crippen LogP contribution in [-0.4, -0.2) is 50.1 Å². The molecule has 3 amide bonds. The molecule has 3 aromatic carbocycles. The number of benzene rings is 3. The molecular formula is C26H30N4O3. The minimum Gasteiger partial charge on any atom is -0.457 e. The minimum absolute atomic E-state index is 0.220. The molecule has 0 bridgehead atoms. The summed E-state index contributed by atoms with van der Waals surface area (Å²) in [6, 6.07) is 25.0. The SMILES string of the molecule is CN(C)CCNC(=O)C(Cc1ccccc1)NC(=O)Nc1ccc(Oc2ccccc2)cc1. The molecule has 0 radical (unpaired) electrons. The number of hydrogen-bond donors (Lipinski definition) is 3. The van der Waals surface area contributed by atoms with Crippen molar-refractivity contribution in [1.82, 2.24) is 15.5 Å². The first-order valence-corrected chi connectivity index (χ1v) is 10.9. The highest BCUT2D eigenvalue weighted by Gasteiger charge is 2.21. The third-order valence-electron chi connectivity index (χ3n) is 4.85. The average Bonchev–Trinajstić information content (AvgIpc) is 2.81. The summed E-state index contributed by atoms with van der Waals surface area (Å²) in [6.07, 6.45) is 0.395. The van der Waals surface area contributed by atoms with Crippen molar-refractivity contribution in [1.29, 1.82) is 0 Å². The summed E-state index contributed by atoms with van der Waals surface area (Å²) in [6.45, 7) is 1.22. The average molecular weight is 447 g/mol. The first-order valence-electron chi connectivity index (χ1n) is 10.9. The van der Waals surface area contributed by atoms with E-state index in [1.54, 1.807) is 24.3 Å². The predicted molar refractivity (Wildman–Crippen MR) is 131 cm³/mol. The van der Waals surface area contributed by atoms with E-state index in [4.69, 9.17) is 4.74 Å². The lowest BCUT2D eigenvalue weighted by Crippen LogP contribution is -2.50. The molecule has 0 aliphatic carbocycles. The van der Waals surface area contributed by atoms with Gasteiger partial charge in [0.2, 0.25) is 5.91 Å². The fourth-order valence-electron chi connectivity index (χ4n) is 3.14. The summed E-state index contributed by atoms with van der Waals surface area (Å²) in [4.78, 5) is 27.4. The van der Waals surface area contributed by atoms with Gasteiger partial charge in [0, 0.05) is 25.2 Å². The number of anilines is 1. The molecule has 7 heteroatoms. The van der Waals surface area contributed by atoms with E-state index in [0.717, 1.165) is 11.3 Å². The quantitative estimate of drug-likeness (QED) is 0.441. The zero-order valence-corrected chi connectivity index (χ0v) is 19.0. The topological polar surface area (TPSA) is 82.7 Å². The van der Waals surface area contributed by atoms with Gasteiger partial charge in [0.25, 0.3) is 0 Å². The molecule has 0 aromatic heterocycles. The van der Waals surface area contributed by atoms with Crippen LogP contribution in [0.1, 0.15) is 5.56 Å². The molecule has 3 rings (SSSR count). The summed E-state index contributed by atoms with van der Waals surface area (Å²) in [5.41, 5.74) is 1.56. The Hall–Kier alpha value is -3.84. The molecule has 0 spiro atoms. The maximum atomic E-state index is 12.7. The van der Waals surface area contributed by atoms with Crippen LogP contribution in [0, 0.1) is 0 Å². The van der Waals surface area contributed by atoms with E-state index >= 15 is 0 Å². The Kier molecular flexibility index (Phi) is 8.85. The highest BCUT2D eigenvalue weighted by molar-refractivity contribution is 5.93. The monoisotopic (exact) mass is 446 g/mol. The van der Waals surface area contributed by atoms with Crippen molar-refractivity contribution in [3.05, 3.63) is 90.5 Å². The zero-order valence-electron chi connectivity index (χ0n) is 19.0. The van der Waals surface area contributed by atoms with Crippen molar-refractivity contribution >= 4 is 17.6 Å². The van der Waals surface area contributed by atoms with Gasteiger partial charge in [-0.3, -0.25) is 4.79 Å². The summed E-state index contributed by atoms with van der Waals surface area (Å²) >= 11 is 0. The molecule has 0 heterocycles. The van der Waals surface area contributed by atoms with Gasteiger partial charge in [-0.25, -0.2) is 4.79 Å². The van der Waals surface area contributed by atoms with E-state index in [2.05, 4.69) is 16.0 Å². The summed E-state index contributed by atoms with van der Waals surface area (Å²) in [5, 5.41) is 8.48. The van der Waals surface area contributed by atoms with Crippen LogP contribution in [0.15, 0.2) is 84.9 Å². The van der Waals surface area contributed by atoms with Gasteiger partial charge in [0.15, 0.2) is 0 Å². The minimum atomic E-state index is -0.699. The van der Waals surface area contributed by atoms with Gasteiger partial charge in [-0.05, 0) is 56.1 Å². The first kappa shape index (κ1) is 23.8. The zero-order chi connectivity index (χ0) is 23.5. The van der Waals surface area contributed by atoms with Crippen LogP contribution in [0.4, 0.5) is 10.5 Å². The third-order valence-corrected chi connectivity index (χ3v) is 4.85. The second-order valence-electron chi connectivity index (χ2n) is 7.87. The van der Waals surface area contributed by atoms with E-state index in [0.29, 0.717) is 30.9 Å². The largest absolute Gasteiger partial charge is 0.457 e. The lowest BCUT2D eigenvalue weighted by molar-refractivity contribution is -0.122. The molecule has 3 aromatic rings. The molecule has 0 saturated heterocycles. The van der Waals surface area contributed by atoms with Crippen LogP contribution in [0.5, 0.6) is 11.5 Å². The molecule has 0 saturated carbocycles. The highest BCUT2D eigenvalue weighted by atomic mass is 16.5. The van der Waals surface area contributed by atoms with E-state index in [-0.39, 0.29) is 5.91 Å². The number of nitrogens with zero attached hydrogens (tertiary/aromatic N) is 1. The van der Waals surface area contributed by atoms with Crippen LogP contribution in [-0.2, 0) is 11.2 Å². The van der Waals surface area contributed by atoms with Crippen molar-refractivity contribution < 1.29 is 14.3 Å². The van der Waals surface area contributed by atoms with E-state index in [9.17, 15) is 9.59 Å². The fourth-order valence-corrected chi connectivity index (χ4v) is 3.14. The van der Waals surface area contributed by atoms with Crippen LogP contribution in [0.25, 0.3) is 0 Å². The lowest BCUT2D eigenvalue weighted by atomic mass is 10.1. The molecule has 7 nitrogen and oxygen atoms in total. The molecule has 0 aliphatic rings. The number of carbonyl (C=O) groups excluding carboxylic acids is 2. The van der Waals surface area contributed by atoms with Gasteiger partial charge < -0.3 is 25.6 Å². The second kappa shape index (κ2) is 12.3. The van der Waals surface area contributed by atoms with Gasteiger partial charge in [-0.2, -0.15) is 0 Å². The van der Waals surface area contributed by atoms with Crippen LogP contribution < -0.4 is 20.7 Å². The maximum Gasteiger partial charge on any atom is 0.319 e. The number of likely N-dealkylation sites (N-methyl/N-ethyl adjacent to an activating group) is 1. The Morgan fingerprint density at radius 3 is 2.09 bits per heavy atom. The predicted octanol–water partition coefficient (Wildman–Crippen LogP) is 3.89. The van der Waals surface area contributed by atoms with Crippen molar-refractivity contribution in [2.45, 2.75) is 12.5 Å². The Balaban J connectivity index is 1.59. The number of ether oxygens (including phenoxy) is 1. The van der Waals surface area contributed by atoms with Gasteiger partial charge >= 0.3 is 6.03 Å². The van der Waals surface area contributed by atoms with Gasteiger partial charge in [0.1, 0.15) is 17.5 Å². The summed E-state index contributed by atoms with van der Waals surface area (Å²) in [5.74, 6) is 1.18. The summed E-state index contributed by atoms with van der Waals surface area (Å²) < 4.78 is 5.77.